The van der Waals surface area contributed by atoms with E-state index in [1.807, 2.05) is 39.8 Å². The van der Waals surface area contributed by atoms with Gasteiger partial charge in [0.15, 0.2) is 0 Å². The molecule has 0 aromatic heterocycles. The van der Waals surface area contributed by atoms with Crippen molar-refractivity contribution in [1.29, 1.82) is 0 Å². The predicted molar refractivity (Wildman–Crippen MR) is 102 cm³/mol. The third kappa shape index (κ3) is 6.75. The molecule has 0 bridgehead atoms. The van der Waals surface area contributed by atoms with Crippen LogP contribution in [-0.2, 0) is 4.74 Å². The summed E-state index contributed by atoms with van der Waals surface area (Å²) in [6.45, 7) is 8.58. The van der Waals surface area contributed by atoms with Crippen LogP contribution in [-0.4, -0.2) is 53.5 Å². The average molecular weight is 378 g/mol. The van der Waals surface area contributed by atoms with E-state index >= 15 is 0 Å². The minimum absolute atomic E-state index is 0.0372. The van der Waals surface area contributed by atoms with Gasteiger partial charge in [-0.15, -0.1) is 0 Å². The molecule has 1 fully saturated rings. The van der Waals surface area contributed by atoms with E-state index < -0.39 is 11.7 Å². The number of aliphatic hydroxyl groups excluding tert-OH is 1. The van der Waals surface area contributed by atoms with Crippen LogP contribution >= 0.6 is 0 Å². The minimum Gasteiger partial charge on any atom is -0.444 e. The molecule has 2 amide bonds. The molecule has 1 aliphatic rings. The van der Waals surface area contributed by atoms with Crippen LogP contribution in [0.5, 0.6) is 5.75 Å². The van der Waals surface area contributed by atoms with E-state index in [0.29, 0.717) is 31.7 Å². The third-order valence-corrected chi connectivity index (χ3v) is 4.40. The van der Waals surface area contributed by atoms with Crippen LogP contribution in [0.15, 0.2) is 24.3 Å². The van der Waals surface area contributed by atoms with Gasteiger partial charge in [0.2, 0.25) is 0 Å². The number of ether oxygens (including phenoxy) is 2. The summed E-state index contributed by atoms with van der Waals surface area (Å²) < 4.78 is 10.7. The number of piperidine rings is 1. The van der Waals surface area contributed by atoms with Gasteiger partial charge in [-0.1, -0.05) is 19.1 Å². The number of carbonyl (C=O) groups excluding carboxylic acids is 2. The van der Waals surface area contributed by atoms with Gasteiger partial charge in [0.25, 0.3) is 0 Å². The number of aliphatic hydroxyl groups is 1. The average Bonchev–Trinajstić information content (AvgIpc) is 2.60. The summed E-state index contributed by atoms with van der Waals surface area (Å²) in [7, 11) is 0. The Morgan fingerprint density at radius 2 is 1.81 bits per heavy atom. The van der Waals surface area contributed by atoms with Crippen LogP contribution in [0.1, 0.15) is 52.0 Å². The maximum atomic E-state index is 12.1. The van der Waals surface area contributed by atoms with Gasteiger partial charge in [-0.3, -0.25) is 0 Å². The molecule has 1 atom stereocenters. The van der Waals surface area contributed by atoms with Crippen molar-refractivity contribution in [3.05, 3.63) is 29.8 Å². The summed E-state index contributed by atoms with van der Waals surface area (Å²) in [5.41, 5.74) is 0.473. The van der Waals surface area contributed by atoms with Crippen LogP contribution in [0.2, 0.25) is 0 Å². The van der Waals surface area contributed by atoms with Crippen molar-refractivity contribution in [3.63, 3.8) is 0 Å². The predicted octanol–water partition coefficient (Wildman–Crippen LogP) is 3.27. The third-order valence-electron chi connectivity index (χ3n) is 4.40. The Hall–Kier alpha value is -2.28. The zero-order valence-corrected chi connectivity index (χ0v) is 16.5. The number of carbonyl (C=O) groups is 2. The largest absolute Gasteiger partial charge is 0.444 e. The standard InChI is InChI=1S/C20H30N2O5/c1-14(13-23)15-5-7-17(8-6-15)26-18(24)21-16-9-11-22(12-10-16)19(25)27-20(2,3)4/h5-8,14,16,23H,9-13H2,1-4H3,(H,21,24). The van der Waals surface area contributed by atoms with E-state index in [1.165, 1.54) is 0 Å². The van der Waals surface area contributed by atoms with E-state index in [2.05, 4.69) is 5.32 Å². The Bertz CT molecular complexity index is 631. The highest BCUT2D eigenvalue weighted by molar-refractivity contribution is 5.71. The first-order chi connectivity index (χ1) is 12.7. The Morgan fingerprint density at radius 3 is 2.33 bits per heavy atom. The van der Waals surface area contributed by atoms with Crippen molar-refractivity contribution < 1.29 is 24.2 Å². The molecule has 0 saturated carbocycles. The van der Waals surface area contributed by atoms with Crippen LogP contribution in [0.4, 0.5) is 9.59 Å². The first-order valence-corrected chi connectivity index (χ1v) is 9.35. The van der Waals surface area contributed by atoms with Crippen molar-refractivity contribution in [2.45, 2.75) is 58.1 Å². The number of nitrogens with zero attached hydrogens (tertiary/aromatic N) is 1. The quantitative estimate of drug-likeness (QED) is 0.839. The van der Waals surface area contributed by atoms with Gasteiger partial charge >= 0.3 is 12.2 Å². The highest BCUT2D eigenvalue weighted by Crippen LogP contribution is 2.19. The Morgan fingerprint density at radius 1 is 1.22 bits per heavy atom. The van der Waals surface area contributed by atoms with Crippen molar-refractivity contribution >= 4 is 12.2 Å². The number of likely N-dealkylation sites (tertiary alicyclic amines) is 1. The van der Waals surface area contributed by atoms with Gasteiger partial charge in [0.05, 0.1) is 0 Å². The molecule has 150 valence electrons. The lowest BCUT2D eigenvalue weighted by Gasteiger charge is -2.33. The summed E-state index contributed by atoms with van der Waals surface area (Å²) in [5, 5.41) is 12.0. The number of amides is 2. The second-order valence-electron chi connectivity index (χ2n) is 7.93. The summed E-state index contributed by atoms with van der Waals surface area (Å²) in [6.07, 6.45) is 0.483. The number of nitrogens with one attached hydrogen (secondary N) is 1. The van der Waals surface area contributed by atoms with Crippen LogP contribution in [0.25, 0.3) is 0 Å². The molecule has 27 heavy (non-hydrogen) atoms. The smallest absolute Gasteiger partial charge is 0.412 e. The van der Waals surface area contributed by atoms with E-state index in [-0.39, 0.29) is 24.7 Å². The molecular weight excluding hydrogens is 348 g/mol. The van der Waals surface area contributed by atoms with Crippen LogP contribution in [0, 0.1) is 0 Å². The molecule has 1 aromatic rings. The molecule has 1 saturated heterocycles. The molecule has 1 unspecified atom stereocenters. The first kappa shape index (κ1) is 21.0. The fourth-order valence-corrected chi connectivity index (χ4v) is 2.81. The van der Waals surface area contributed by atoms with Gasteiger partial charge in [-0.25, -0.2) is 9.59 Å². The van der Waals surface area contributed by atoms with E-state index in [4.69, 9.17) is 14.6 Å². The molecule has 7 nitrogen and oxygen atoms in total. The summed E-state index contributed by atoms with van der Waals surface area (Å²) in [4.78, 5) is 25.8. The van der Waals surface area contributed by atoms with Gasteiger partial charge in [-0.2, -0.15) is 0 Å². The molecule has 0 aliphatic carbocycles. The molecule has 1 heterocycles. The molecular formula is C20H30N2O5. The molecule has 0 spiro atoms. The maximum Gasteiger partial charge on any atom is 0.412 e. The number of hydrogen-bond donors (Lipinski definition) is 2. The van der Waals surface area contributed by atoms with Gasteiger partial charge in [0.1, 0.15) is 11.4 Å². The van der Waals surface area contributed by atoms with E-state index in [0.717, 1.165) is 5.56 Å². The summed E-state index contributed by atoms with van der Waals surface area (Å²) in [6, 6.07) is 7.06. The minimum atomic E-state index is -0.513. The van der Waals surface area contributed by atoms with Crippen LogP contribution in [0.3, 0.4) is 0 Å². The number of hydrogen-bond acceptors (Lipinski definition) is 5. The second-order valence-corrected chi connectivity index (χ2v) is 7.93. The molecule has 2 N–H and O–H groups in total. The van der Waals surface area contributed by atoms with Gasteiger partial charge < -0.3 is 24.8 Å². The normalized spacial score (nSPS) is 16.6. The molecule has 1 aromatic carbocycles. The fraction of sp³-hybridized carbons (Fsp3) is 0.600. The van der Waals surface area contributed by atoms with Gasteiger partial charge in [-0.05, 0) is 51.3 Å². The fourth-order valence-electron chi connectivity index (χ4n) is 2.81. The first-order valence-electron chi connectivity index (χ1n) is 9.35. The van der Waals surface area contributed by atoms with Crippen LogP contribution < -0.4 is 10.1 Å². The Kier molecular flexibility index (Phi) is 7.07. The number of benzene rings is 1. The summed E-state index contributed by atoms with van der Waals surface area (Å²) >= 11 is 0. The molecule has 0 radical (unpaired) electrons. The van der Waals surface area contributed by atoms with Crippen molar-refractivity contribution in [2.24, 2.45) is 0 Å². The zero-order valence-electron chi connectivity index (χ0n) is 16.5. The number of rotatable bonds is 4. The monoisotopic (exact) mass is 378 g/mol. The lowest BCUT2D eigenvalue weighted by Crippen LogP contribution is -2.48. The van der Waals surface area contributed by atoms with Crippen molar-refractivity contribution in [2.75, 3.05) is 19.7 Å². The van der Waals surface area contributed by atoms with Crippen molar-refractivity contribution in [3.8, 4) is 5.75 Å². The molecule has 7 heteroatoms. The lowest BCUT2D eigenvalue weighted by molar-refractivity contribution is 0.0200. The van der Waals surface area contributed by atoms with E-state index in [9.17, 15) is 9.59 Å². The second kappa shape index (κ2) is 9.08. The topological polar surface area (TPSA) is 88.1 Å². The highest BCUT2D eigenvalue weighted by atomic mass is 16.6. The SMILES string of the molecule is CC(CO)c1ccc(OC(=O)NC2CCN(C(=O)OC(C)(C)C)CC2)cc1. The molecule has 1 aliphatic heterocycles. The lowest BCUT2D eigenvalue weighted by atomic mass is 10.0. The molecule has 2 rings (SSSR count). The Balaban J connectivity index is 1.76. The zero-order chi connectivity index (χ0) is 20.0. The maximum absolute atomic E-state index is 12.1. The summed E-state index contributed by atoms with van der Waals surface area (Å²) in [5.74, 6) is 0.496. The highest BCUT2D eigenvalue weighted by Gasteiger charge is 2.27. The van der Waals surface area contributed by atoms with E-state index in [1.54, 1.807) is 17.0 Å². The van der Waals surface area contributed by atoms with Gasteiger partial charge in [0, 0.05) is 31.7 Å². The Labute approximate surface area is 160 Å². The van der Waals surface area contributed by atoms with Crippen molar-refractivity contribution in [1.82, 2.24) is 10.2 Å².